The summed E-state index contributed by atoms with van der Waals surface area (Å²) in [5.41, 5.74) is 1.78. The molecular formula is C24H21F2N5O2. The number of amides is 1. The summed E-state index contributed by atoms with van der Waals surface area (Å²) < 4.78 is 27.9. The van der Waals surface area contributed by atoms with E-state index in [0.29, 0.717) is 35.0 Å². The van der Waals surface area contributed by atoms with Crippen LogP contribution in [0.5, 0.6) is 0 Å². The van der Waals surface area contributed by atoms with E-state index < -0.39 is 17.5 Å². The lowest BCUT2D eigenvalue weighted by molar-refractivity contribution is 0.102. The van der Waals surface area contributed by atoms with E-state index in [0.717, 1.165) is 25.0 Å². The van der Waals surface area contributed by atoms with Crippen LogP contribution in [0.15, 0.2) is 54.7 Å². The summed E-state index contributed by atoms with van der Waals surface area (Å²) >= 11 is 0. The van der Waals surface area contributed by atoms with Gasteiger partial charge in [-0.2, -0.15) is 5.10 Å². The number of nitrogens with one attached hydrogen (secondary N) is 2. The van der Waals surface area contributed by atoms with Crippen molar-refractivity contribution in [3.8, 4) is 11.1 Å². The number of carbonyl (C=O) groups excluding carboxylic acids is 1. The second-order valence-electron chi connectivity index (χ2n) is 8.01. The quantitative estimate of drug-likeness (QED) is 0.436. The maximum absolute atomic E-state index is 14.2. The van der Waals surface area contributed by atoms with E-state index in [2.05, 4.69) is 25.4 Å². The summed E-state index contributed by atoms with van der Waals surface area (Å²) in [6.45, 7) is 1.46. The van der Waals surface area contributed by atoms with E-state index >= 15 is 0 Å². The molecule has 0 atom stereocenters. The van der Waals surface area contributed by atoms with Crippen molar-refractivity contribution in [1.82, 2.24) is 15.2 Å². The number of rotatable bonds is 4. The van der Waals surface area contributed by atoms with Crippen molar-refractivity contribution in [3.05, 3.63) is 72.1 Å². The summed E-state index contributed by atoms with van der Waals surface area (Å²) in [5, 5.41) is 19.8. The third-order valence-corrected chi connectivity index (χ3v) is 5.83. The van der Waals surface area contributed by atoms with Crippen LogP contribution in [0.3, 0.4) is 0 Å². The molecule has 1 amide bonds. The Morgan fingerprint density at radius 3 is 2.70 bits per heavy atom. The van der Waals surface area contributed by atoms with Crippen LogP contribution >= 0.6 is 0 Å². The Labute approximate surface area is 188 Å². The van der Waals surface area contributed by atoms with E-state index in [1.807, 2.05) is 6.07 Å². The van der Waals surface area contributed by atoms with E-state index in [9.17, 15) is 18.7 Å². The molecule has 0 aliphatic carbocycles. The number of aromatic amines is 1. The second-order valence-corrected chi connectivity index (χ2v) is 8.01. The van der Waals surface area contributed by atoms with Gasteiger partial charge in [0.25, 0.3) is 5.91 Å². The third-order valence-electron chi connectivity index (χ3n) is 5.83. The van der Waals surface area contributed by atoms with Gasteiger partial charge in [-0.1, -0.05) is 18.2 Å². The Morgan fingerprint density at radius 2 is 1.94 bits per heavy atom. The number of aliphatic hydroxyl groups excluding tert-OH is 1. The van der Waals surface area contributed by atoms with Crippen molar-refractivity contribution in [3.63, 3.8) is 0 Å². The first-order valence-electron chi connectivity index (χ1n) is 10.6. The molecule has 4 aromatic rings. The number of aliphatic hydroxyl groups is 1. The lowest BCUT2D eigenvalue weighted by atomic mass is 10.0. The number of hydrogen-bond acceptors (Lipinski definition) is 5. The molecule has 1 fully saturated rings. The molecule has 1 saturated heterocycles. The van der Waals surface area contributed by atoms with Crippen molar-refractivity contribution >= 4 is 28.3 Å². The highest BCUT2D eigenvalue weighted by atomic mass is 19.2. The number of benzene rings is 2. The van der Waals surface area contributed by atoms with Crippen molar-refractivity contribution in [1.29, 1.82) is 0 Å². The largest absolute Gasteiger partial charge is 0.393 e. The minimum absolute atomic E-state index is 0.106. The zero-order valence-corrected chi connectivity index (χ0v) is 17.6. The maximum Gasteiger partial charge on any atom is 0.276 e. The number of carbonyl (C=O) groups is 1. The molecule has 168 valence electrons. The highest BCUT2D eigenvalue weighted by molar-refractivity contribution is 6.11. The topological polar surface area (TPSA) is 94.1 Å². The first-order valence-corrected chi connectivity index (χ1v) is 10.6. The van der Waals surface area contributed by atoms with Crippen LogP contribution < -0.4 is 10.2 Å². The Balaban J connectivity index is 1.37. The highest BCUT2D eigenvalue weighted by Crippen LogP contribution is 2.29. The number of H-pyrrole nitrogens is 1. The molecule has 2 aromatic carbocycles. The number of nitrogens with zero attached hydrogens (tertiary/aromatic N) is 3. The Morgan fingerprint density at radius 1 is 1.12 bits per heavy atom. The van der Waals surface area contributed by atoms with Crippen LogP contribution in [-0.2, 0) is 0 Å². The smallest absolute Gasteiger partial charge is 0.276 e. The standard InChI is InChI=1S/C24H21F2N5O2/c25-19-3-1-2-17(22(19)26)14-4-6-20-18(12-14)23(30-29-20)24(33)28-15-5-7-21(27-13-15)31-10-8-16(32)9-11-31/h1-7,12-13,16,32H,8-11H2,(H,28,33)(H,29,30). The summed E-state index contributed by atoms with van der Waals surface area (Å²) in [7, 11) is 0. The fourth-order valence-electron chi connectivity index (χ4n) is 4.01. The molecule has 0 spiro atoms. The summed E-state index contributed by atoms with van der Waals surface area (Å²) in [6.07, 6.45) is 2.71. The van der Waals surface area contributed by atoms with Gasteiger partial charge in [-0.05, 0) is 48.7 Å². The fraction of sp³-hybridized carbons (Fsp3) is 0.208. The van der Waals surface area contributed by atoms with Gasteiger partial charge in [0.2, 0.25) is 0 Å². The van der Waals surface area contributed by atoms with Crippen LogP contribution in [-0.4, -0.2) is 45.4 Å². The molecule has 7 nitrogen and oxygen atoms in total. The van der Waals surface area contributed by atoms with Crippen LogP contribution in [0.25, 0.3) is 22.0 Å². The fourth-order valence-corrected chi connectivity index (χ4v) is 4.01. The van der Waals surface area contributed by atoms with Crippen molar-refractivity contribution < 1.29 is 18.7 Å². The van der Waals surface area contributed by atoms with Crippen LogP contribution in [0, 0.1) is 11.6 Å². The molecule has 0 bridgehead atoms. The number of fused-ring (bicyclic) bond motifs is 1. The molecular weight excluding hydrogens is 428 g/mol. The van der Waals surface area contributed by atoms with Crippen LogP contribution in [0.2, 0.25) is 0 Å². The number of aromatic nitrogens is 3. The number of piperidine rings is 1. The molecule has 0 radical (unpaired) electrons. The molecule has 1 aliphatic heterocycles. The van der Waals surface area contributed by atoms with Gasteiger partial charge in [0.1, 0.15) is 5.82 Å². The molecule has 9 heteroatoms. The first-order chi connectivity index (χ1) is 16.0. The van der Waals surface area contributed by atoms with E-state index in [-0.39, 0.29) is 17.4 Å². The average molecular weight is 449 g/mol. The van der Waals surface area contributed by atoms with E-state index in [1.165, 1.54) is 12.1 Å². The molecule has 33 heavy (non-hydrogen) atoms. The van der Waals surface area contributed by atoms with Gasteiger partial charge in [0.05, 0.1) is 23.5 Å². The Bertz CT molecular complexity index is 1310. The monoisotopic (exact) mass is 449 g/mol. The molecule has 0 unspecified atom stereocenters. The molecule has 5 rings (SSSR count). The van der Waals surface area contributed by atoms with Gasteiger partial charge >= 0.3 is 0 Å². The van der Waals surface area contributed by atoms with Gasteiger partial charge in [-0.15, -0.1) is 0 Å². The average Bonchev–Trinajstić information content (AvgIpc) is 3.25. The Kier molecular flexibility index (Phi) is 5.47. The zero-order chi connectivity index (χ0) is 22.9. The predicted molar refractivity (Wildman–Crippen MR) is 121 cm³/mol. The minimum Gasteiger partial charge on any atom is -0.393 e. The molecule has 0 saturated carbocycles. The van der Waals surface area contributed by atoms with Gasteiger partial charge in [-0.25, -0.2) is 13.8 Å². The lowest BCUT2D eigenvalue weighted by Gasteiger charge is -2.30. The molecule has 3 heterocycles. The first kappa shape index (κ1) is 21.0. The van der Waals surface area contributed by atoms with Crippen molar-refractivity contribution in [2.24, 2.45) is 0 Å². The molecule has 1 aliphatic rings. The maximum atomic E-state index is 14.2. The highest BCUT2D eigenvalue weighted by Gasteiger charge is 2.19. The normalized spacial score (nSPS) is 14.6. The van der Waals surface area contributed by atoms with Crippen molar-refractivity contribution in [2.45, 2.75) is 18.9 Å². The van der Waals surface area contributed by atoms with Crippen molar-refractivity contribution in [2.75, 3.05) is 23.3 Å². The molecule has 3 N–H and O–H groups in total. The SMILES string of the molecule is O=C(Nc1ccc(N2CCC(O)CC2)nc1)c1n[nH]c2ccc(-c3cccc(F)c3F)cc12. The second kappa shape index (κ2) is 8.59. The predicted octanol–water partition coefficient (Wildman–Crippen LogP) is 4.12. The number of pyridine rings is 1. The number of anilines is 2. The van der Waals surface area contributed by atoms with Gasteiger partial charge in [0, 0.05) is 24.0 Å². The van der Waals surface area contributed by atoms with Gasteiger partial charge in [-0.3, -0.25) is 9.89 Å². The van der Waals surface area contributed by atoms with E-state index in [1.54, 1.807) is 30.5 Å². The summed E-state index contributed by atoms with van der Waals surface area (Å²) in [4.78, 5) is 19.4. The number of hydrogen-bond donors (Lipinski definition) is 3. The van der Waals surface area contributed by atoms with Crippen LogP contribution in [0.4, 0.5) is 20.3 Å². The zero-order valence-electron chi connectivity index (χ0n) is 17.6. The Hall–Kier alpha value is -3.85. The lowest BCUT2D eigenvalue weighted by Crippen LogP contribution is -2.36. The molecule has 2 aromatic heterocycles. The number of halogens is 2. The summed E-state index contributed by atoms with van der Waals surface area (Å²) in [6, 6.07) is 12.5. The minimum atomic E-state index is -0.944. The van der Waals surface area contributed by atoms with E-state index in [4.69, 9.17) is 0 Å². The third kappa shape index (κ3) is 4.14. The van der Waals surface area contributed by atoms with Gasteiger partial charge in [0.15, 0.2) is 17.3 Å². The van der Waals surface area contributed by atoms with Gasteiger partial charge < -0.3 is 15.3 Å². The van der Waals surface area contributed by atoms with Crippen LogP contribution in [0.1, 0.15) is 23.3 Å². The summed E-state index contributed by atoms with van der Waals surface area (Å²) in [5.74, 6) is -1.55.